The quantitative estimate of drug-likeness (QED) is 0.186. The lowest BCUT2D eigenvalue weighted by atomic mass is 9.95. The highest BCUT2D eigenvalue weighted by molar-refractivity contribution is 7.26. The van der Waals surface area contributed by atoms with Crippen LogP contribution in [0, 0.1) is 0 Å². The van der Waals surface area contributed by atoms with Gasteiger partial charge in [-0.25, -0.2) is 9.97 Å². The van der Waals surface area contributed by atoms with E-state index < -0.39 is 0 Å². The van der Waals surface area contributed by atoms with Gasteiger partial charge < -0.3 is 4.42 Å². The number of benzene rings is 8. The van der Waals surface area contributed by atoms with Crippen molar-refractivity contribution in [1.29, 1.82) is 0 Å². The summed E-state index contributed by atoms with van der Waals surface area (Å²) < 4.78 is 9.00. The fourth-order valence-electron chi connectivity index (χ4n) is 7.70. The summed E-state index contributed by atoms with van der Waals surface area (Å²) in [6, 6.07) is 60.2. The molecule has 0 amide bonds. The van der Waals surface area contributed by atoms with Crippen LogP contribution in [0.3, 0.4) is 0 Å². The molecule has 52 heavy (non-hydrogen) atoms. The standard InChI is InChI=1S/C48H28N2OS/c1-2-11-31(12-3-1)40-28-41-37-25-24-35(27-42(37)51-46(41)38-15-7-6-14-36(38)40)48-49-44(47-45(50-48)39-16-8-9-17-43(39)52-47)32-21-18-30(19-22-32)34-23-20-29-10-4-5-13-33(29)26-34/h1-28H. The minimum atomic E-state index is 0.682. The molecule has 0 bridgehead atoms. The molecule has 0 aliphatic heterocycles. The van der Waals surface area contributed by atoms with E-state index in [1.165, 1.54) is 43.1 Å². The van der Waals surface area contributed by atoms with Gasteiger partial charge in [0.1, 0.15) is 11.2 Å². The third-order valence-electron chi connectivity index (χ3n) is 10.3. The van der Waals surface area contributed by atoms with Gasteiger partial charge in [-0.2, -0.15) is 0 Å². The molecule has 242 valence electrons. The van der Waals surface area contributed by atoms with Crippen molar-refractivity contribution in [3.63, 3.8) is 0 Å². The number of rotatable bonds is 4. The highest BCUT2D eigenvalue weighted by atomic mass is 32.1. The first-order valence-corrected chi connectivity index (χ1v) is 18.3. The Labute approximate surface area is 303 Å². The topological polar surface area (TPSA) is 38.9 Å². The number of aromatic nitrogens is 2. The zero-order valence-corrected chi connectivity index (χ0v) is 28.7. The van der Waals surface area contributed by atoms with Crippen LogP contribution in [0.2, 0.25) is 0 Å². The minimum absolute atomic E-state index is 0.682. The van der Waals surface area contributed by atoms with Crippen LogP contribution in [0.4, 0.5) is 0 Å². The molecular weight excluding hydrogens is 653 g/mol. The number of hydrogen-bond acceptors (Lipinski definition) is 4. The first-order chi connectivity index (χ1) is 25.7. The monoisotopic (exact) mass is 680 g/mol. The molecule has 0 saturated heterocycles. The molecule has 4 heteroatoms. The van der Waals surface area contributed by atoms with Gasteiger partial charge >= 0.3 is 0 Å². The van der Waals surface area contributed by atoms with E-state index in [-0.39, 0.29) is 0 Å². The van der Waals surface area contributed by atoms with Gasteiger partial charge in [0.15, 0.2) is 5.82 Å². The molecule has 3 heterocycles. The first kappa shape index (κ1) is 29.1. The maximum Gasteiger partial charge on any atom is 0.160 e. The Balaban J connectivity index is 1.07. The van der Waals surface area contributed by atoms with Crippen molar-refractivity contribution in [3.05, 3.63) is 170 Å². The fraction of sp³-hybridized carbons (Fsp3) is 0. The van der Waals surface area contributed by atoms with Crippen LogP contribution in [-0.2, 0) is 0 Å². The van der Waals surface area contributed by atoms with E-state index in [2.05, 4.69) is 170 Å². The van der Waals surface area contributed by atoms with Crippen LogP contribution in [0.5, 0.6) is 0 Å². The molecule has 11 rings (SSSR count). The van der Waals surface area contributed by atoms with Crippen LogP contribution in [0.15, 0.2) is 174 Å². The number of fused-ring (bicyclic) bond motifs is 9. The third-order valence-corrected chi connectivity index (χ3v) is 11.4. The Kier molecular flexibility index (Phi) is 6.42. The highest BCUT2D eigenvalue weighted by Gasteiger charge is 2.19. The average Bonchev–Trinajstić information content (AvgIpc) is 3.78. The summed E-state index contributed by atoms with van der Waals surface area (Å²) in [6.45, 7) is 0. The Hall–Kier alpha value is -6.62. The lowest BCUT2D eigenvalue weighted by molar-refractivity contribution is 0.673. The van der Waals surface area contributed by atoms with Gasteiger partial charge in [0.2, 0.25) is 0 Å². The molecule has 8 aromatic carbocycles. The SMILES string of the molecule is c1ccc(-c2cc3c4ccc(-c5nc(-c6ccc(-c7ccc8ccccc8c7)cc6)c6sc7ccccc7c6n5)cc4oc3c3ccccc23)cc1. The predicted octanol–water partition coefficient (Wildman–Crippen LogP) is 13.7. The first-order valence-electron chi connectivity index (χ1n) is 17.5. The van der Waals surface area contributed by atoms with Crippen molar-refractivity contribution in [1.82, 2.24) is 9.97 Å². The van der Waals surface area contributed by atoms with E-state index in [0.717, 1.165) is 59.7 Å². The van der Waals surface area contributed by atoms with Crippen LogP contribution in [0.1, 0.15) is 0 Å². The van der Waals surface area contributed by atoms with Crippen LogP contribution in [-0.4, -0.2) is 9.97 Å². The van der Waals surface area contributed by atoms with E-state index in [1.807, 2.05) is 0 Å². The lowest BCUT2D eigenvalue weighted by Gasteiger charge is -2.09. The van der Waals surface area contributed by atoms with Gasteiger partial charge in [0, 0.05) is 37.4 Å². The predicted molar refractivity (Wildman–Crippen MR) is 219 cm³/mol. The Bertz CT molecular complexity index is 3180. The minimum Gasteiger partial charge on any atom is -0.455 e. The lowest BCUT2D eigenvalue weighted by Crippen LogP contribution is -1.93. The van der Waals surface area contributed by atoms with E-state index in [4.69, 9.17) is 14.4 Å². The maximum atomic E-state index is 6.70. The summed E-state index contributed by atoms with van der Waals surface area (Å²) in [5.74, 6) is 0.682. The smallest absolute Gasteiger partial charge is 0.160 e. The van der Waals surface area contributed by atoms with Crippen LogP contribution < -0.4 is 0 Å². The zero-order chi connectivity index (χ0) is 34.2. The second-order valence-corrected chi connectivity index (χ2v) is 14.4. The molecule has 0 aliphatic carbocycles. The van der Waals surface area contributed by atoms with Gasteiger partial charge in [0.25, 0.3) is 0 Å². The van der Waals surface area contributed by atoms with Gasteiger partial charge in [-0.05, 0) is 68.7 Å². The summed E-state index contributed by atoms with van der Waals surface area (Å²) >= 11 is 1.75. The molecule has 0 aliphatic rings. The van der Waals surface area contributed by atoms with Crippen LogP contribution in [0.25, 0.3) is 109 Å². The van der Waals surface area contributed by atoms with Gasteiger partial charge in [-0.1, -0.05) is 140 Å². The number of nitrogens with zero attached hydrogens (tertiary/aromatic N) is 2. The van der Waals surface area contributed by atoms with E-state index in [0.29, 0.717) is 5.82 Å². The molecule has 0 radical (unpaired) electrons. The molecule has 0 fully saturated rings. The Morgan fingerprint density at radius 3 is 1.98 bits per heavy atom. The fourth-order valence-corrected chi connectivity index (χ4v) is 8.85. The number of hydrogen-bond donors (Lipinski definition) is 0. The van der Waals surface area contributed by atoms with Gasteiger partial charge in [0.05, 0.1) is 15.9 Å². The number of furan rings is 1. The summed E-state index contributed by atoms with van der Waals surface area (Å²) in [5, 5.41) is 8.09. The van der Waals surface area contributed by atoms with Crippen molar-refractivity contribution in [2.24, 2.45) is 0 Å². The molecule has 0 atom stereocenters. The second-order valence-electron chi connectivity index (χ2n) is 13.3. The van der Waals surface area contributed by atoms with E-state index in [1.54, 1.807) is 11.3 Å². The largest absolute Gasteiger partial charge is 0.455 e. The molecule has 0 saturated carbocycles. The highest BCUT2D eigenvalue weighted by Crippen LogP contribution is 2.43. The molecule has 3 nitrogen and oxygen atoms in total. The third kappa shape index (κ3) is 4.58. The van der Waals surface area contributed by atoms with Crippen molar-refractivity contribution < 1.29 is 4.42 Å². The average molecular weight is 681 g/mol. The molecule has 0 spiro atoms. The van der Waals surface area contributed by atoms with Crippen molar-refractivity contribution >= 4 is 75.1 Å². The molecule has 3 aromatic heterocycles. The van der Waals surface area contributed by atoms with Crippen molar-refractivity contribution in [3.8, 4) is 44.9 Å². The molecule has 11 aromatic rings. The normalized spacial score (nSPS) is 11.8. The zero-order valence-electron chi connectivity index (χ0n) is 27.9. The summed E-state index contributed by atoms with van der Waals surface area (Å²) in [7, 11) is 0. The maximum absolute atomic E-state index is 6.70. The summed E-state index contributed by atoms with van der Waals surface area (Å²) in [6.07, 6.45) is 0. The van der Waals surface area contributed by atoms with Crippen molar-refractivity contribution in [2.75, 3.05) is 0 Å². The summed E-state index contributed by atoms with van der Waals surface area (Å²) in [4.78, 5) is 10.5. The van der Waals surface area contributed by atoms with Crippen molar-refractivity contribution in [2.45, 2.75) is 0 Å². The molecule has 0 unspecified atom stereocenters. The number of thiophene rings is 1. The van der Waals surface area contributed by atoms with Gasteiger partial charge in [-0.15, -0.1) is 11.3 Å². The van der Waals surface area contributed by atoms with E-state index in [9.17, 15) is 0 Å². The molecular formula is C48H28N2OS. The Morgan fingerprint density at radius 1 is 0.423 bits per heavy atom. The molecule has 0 N–H and O–H groups in total. The Morgan fingerprint density at radius 2 is 1.12 bits per heavy atom. The summed E-state index contributed by atoms with van der Waals surface area (Å²) in [5.41, 5.74) is 10.4. The van der Waals surface area contributed by atoms with E-state index >= 15 is 0 Å². The van der Waals surface area contributed by atoms with Gasteiger partial charge in [-0.3, -0.25) is 0 Å². The van der Waals surface area contributed by atoms with Crippen LogP contribution >= 0.6 is 11.3 Å². The second kappa shape index (κ2) is 11.5.